The Morgan fingerprint density at radius 3 is 2.50 bits per heavy atom. The monoisotopic (exact) mass is 280 g/mol. The number of hydrogen-bond acceptors (Lipinski definition) is 3. The molecule has 0 radical (unpaired) electrons. The molecule has 0 spiro atoms. The van der Waals surface area contributed by atoms with Crippen LogP contribution >= 0.6 is 0 Å². The summed E-state index contributed by atoms with van der Waals surface area (Å²) in [7, 11) is 0. The Balaban J connectivity index is 2.54. The molecule has 0 saturated carbocycles. The Kier molecular flexibility index (Phi) is 6.31. The van der Waals surface area contributed by atoms with E-state index in [1.165, 1.54) is 0 Å². The van der Waals surface area contributed by atoms with Gasteiger partial charge < -0.3 is 20.5 Å². The summed E-state index contributed by atoms with van der Waals surface area (Å²) in [6, 6.07) is 7.42. The molecule has 3 N–H and O–H groups in total. The second-order valence-corrected chi connectivity index (χ2v) is 5.16. The number of carbonyl (C=O) groups excluding carboxylic acids is 1. The molecular formula is C15H24N2O3. The van der Waals surface area contributed by atoms with Crippen LogP contribution in [0.5, 0.6) is 5.75 Å². The van der Waals surface area contributed by atoms with Gasteiger partial charge >= 0.3 is 6.03 Å². The van der Waals surface area contributed by atoms with E-state index < -0.39 is 12.3 Å². The number of benzene rings is 1. The first kappa shape index (κ1) is 16.3. The van der Waals surface area contributed by atoms with Gasteiger partial charge in [-0.05, 0) is 31.4 Å². The predicted octanol–water partition coefficient (Wildman–Crippen LogP) is 2.21. The van der Waals surface area contributed by atoms with Crippen LogP contribution in [0.25, 0.3) is 0 Å². The molecule has 0 fully saturated rings. The summed E-state index contributed by atoms with van der Waals surface area (Å²) in [5.74, 6) is 1.12. The summed E-state index contributed by atoms with van der Waals surface area (Å²) in [6.07, 6.45) is -1.03. The first-order valence-corrected chi connectivity index (χ1v) is 6.88. The number of ether oxygens (including phenoxy) is 1. The van der Waals surface area contributed by atoms with E-state index in [0.717, 1.165) is 11.3 Å². The zero-order chi connectivity index (χ0) is 15.1. The van der Waals surface area contributed by atoms with Gasteiger partial charge in [-0.25, -0.2) is 4.79 Å². The SMILES string of the molecule is CC(O)CNC(=O)NC(C)Oc1ccccc1C(C)C. The van der Waals surface area contributed by atoms with Gasteiger partial charge in [0.15, 0.2) is 6.23 Å². The van der Waals surface area contributed by atoms with Crippen LogP contribution in [-0.2, 0) is 0 Å². The molecule has 0 aliphatic carbocycles. The van der Waals surface area contributed by atoms with Gasteiger partial charge in [-0.3, -0.25) is 0 Å². The van der Waals surface area contributed by atoms with Gasteiger partial charge in [0.25, 0.3) is 0 Å². The molecule has 5 heteroatoms. The lowest BCUT2D eigenvalue weighted by molar-refractivity contribution is 0.165. The topological polar surface area (TPSA) is 70.6 Å². The summed E-state index contributed by atoms with van der Waals surface area (Å²) in [5, 5.41) is 14.3. The highest BCUT2D eigenvalue weighted by atomic mass is 16.5. The van der Waals surface area contributed by atoms with Gasteiger partial charge in [-0.1, -0.05) is 32.0 Å². The van der Waals surface area contributed by atoms with Crippen molar-refractivity contribution in [2.45, 2.75) is 45.9 Å². The lowest BCUT2D eigenvalue weighted by atomic mass is 10.0. The molecule has 0 heterocycles. The molecule has 0 aromatic heterocycles. The smallest absolute Gasteiger partial charge is 0.317 e. The molecule has 1 aromatic carbocycles. The average molecular weight is 280 g/mol. The van der Waals surface area contributed by atoms with Crippen LogP contribution in [0.3, 0.4) is 0 Å². The van der Waals surface area contributed by atoms with Crippen LogP contribution in [0.1, 0.15) is 39.2 Å². The Morgan fingerprint density at radius 2 is 1.90 bits per heavy atom. The van der Waals surface area contributed by atoms with Crippen molar-refractivity contribution in [2.24, 2.45) is 0 Å². The van der Waals surface area contributed by atoms with Crippen molar-refractivity contribution in [3.05, 3.63) is 29.8 Å². The molecule has 5 nitrogen and oxygen atoms in total. The number of carbonyl (C=O) groups is 1. The largest absolute Gasteiger partial charge is 0.471 e. The number of para-hydroxylation sites is 1. The van der Waals surface area contributed by atoms with Crippen molar-refractivity contribution in [3.63, 3.8) is 0 Å². The maximum atomic E-state index is 11.6. The fourth-order valence-electron chi connectivity index (χ4n) is 1.76. The van der Waals surface area contributed by atoms with Crippen LogP contribution in [0.2, 0.25) is 0 Å². The summed E-state index contributed by atoms with van der Waals surface area (Å²) >= 11 is 0. The van der Waals surface area contributed by atoms with E-state index in [9.17, 15) is 4.79 Å². The number of aliphatic hydroxyl groups excluding tert-OH is 1. The molecule has 1 aromatic rings. The fraction of sp³-hybridized carbons (Fsp3) is 0.533. The van der Waals surface area contributed by atoms with E-state index in [2.05, 4.69) is 24.5 Å². The van der Waals surface area contributed by atoms with Crippen molar-refractivity contribution >= 4 is 6.03 Å². The number of rotatable bonds is 6. The Hall–Kier alpha value is -1.75. The predicted molar refractivity (Wildman–Crippen MR) is 78.8 cm³/mol. The first-order valence-electron chi connectivity index (χ1n) is 6.88. The Bertz CT molecular complexity index is 433. The van der Waals surface area contributed by atoms with Crippen molar-refractivity contribution in [2.75, 3.05) is 6.54 Å². The number of urea groups is 1. The van der Waals surface area contributed by atoms with Crippen LogP contribution in [0.15, 0.2) is 24.3 Å². The number of amides is 2. The fourth-order valence-corrected chi connectivity index (χ4v) is 1.76. The maximum Gasteiger partial charge on any atom is 0.317 e. The van der Waals surface area contributed by atoms with Gasteiger partial charge in [0.1, 0.15) is 5.75 Å². The lowest BCUT2D eigenvalue weighted by Crippen LogP contribution is -2.45. The third kappa shape index (κ3) is 5.48. The van der Waals surface area contributed by atoms with Crippen molar-refractivity contribution in [3.8, 4) is 5.75 Å². The molecule has 0 aliphatic rings. The minimum absolute atomic E-state index is 0.209. The number of aliphatic hydroxyl groups is 1. The van der Waals surface area contributed by atoms with E-state index in [1.54, 1.807) is 13.8 Å². The second-order valence-electron chi connectivity index (χ2n) is 5.16. The summed E-state index contributed by atoms with van der Waals surface area (Å²) in [6.45, 7) is 7.77. The zero-order valence-corrected chi connectivity index (χ0v) is 12.5. The van der Waals surface area contributed by atoms with Gasteiger partial charge in [0, 0.05) is 6.54 Å². The molecule has 2 unspecified atom stereocenters. The van der Waals surface area contributed by atoms with Crippen LogP contribution in [-0.4, -0.2) is 30.0 Å². The van der Waals surface area contributed by atoms with Crippen molar-refractivity contribution < 1.29 is 14.6 Å². The number of nitrogens with one attached hydrogen (secondary N) is 2. The molecule has 0 aliphatic heterocycles. The standard InChI is InChI=1S/C15H24N2O3/c1-10(2)13-7-5-6-8-14(13)20-12(4)17-15(19)16-9-11(3)18/h5-8,10-12,18H,9H2,1-4H3,(H2,16,17,19). The van der Waals surface area contributed by atoms with E-state index in [4.69, 9.17) is 9.84 Å². The maximum absolute atomic E-state index is 11.6. The van der Waals surface area contributed by atoms with E-state index in [0.29, 0.717) is 5.92 Å². The summed E-state index contributed by atoms with van der Waals surface area (Å²) in [5.41, 5.74) is 1.10. The van der Waals surface area contributed by atoms with Crippen LogP contribution in [0.4, 0.5) is 4.79 Å². The van der Waals surface area contributed by atoms with Gasteiger partial charge in [0.2, 0.25) is 0 Å². The van der Waals surface area contributed by atoms with Gasteiger partial charge in [-0.15, -0.1) is 0 Å². The van der Waals surface area contributed by atoms with E-state index >= 15 is 0 Å². The van der Waals surface area contributed by atoms with Gasteiger partial charge in [0.05, 0.1) is 6.10 Å². The molecule has 0 saturated heterocycles. The van der Waals surface area contributed by atoms with Crippen LogP contribution < -0.4 is 15.4 Å². The third-order valence-electron chi connectivity index (χ3n) is 2.74. The molecule has 20 heavy (non-hydrogen) atoms. The Morgan fingerprint density at radius 1 is 1.25 bits per heavy atom. The lowest BCUT2D eigenvalue weighted by Gasteiger charge is -2.20. The molecule has 2 amide bonds. The van der Waals surface area contributed by atoms with Crippen molar-refractivity contribution in [1.29, 1.82) is 0 Å². The second kappa shape index (κ2) is 7.75. The third-order valence-corrected chi connectivity index (χ3v) is 2.74. The molecule has 112 valence electrons. The highest BCUT2D eigenvalue weighted by molar-refractivity contribution is 5.74. The summed E-state index contributed by atoms with van der Waals surface area (Å²) < 4.78 is 5.75. The molecule has 0 bridgehead atoms. The highest BCUT2D eigenvalue weighted by Crippen LogP contribution is 2.26. The quantitative estimate of drug-likeness (QED) is 0.700. The molecule has 2 atom stereocenters. The van der Waals surface area contributed by atoms with E-state index in [-0.39, 0.29) is 12.6 Å². The first-order chi connectivity index (χ1) is 9.40. The average Bonchev–Trinajstić information content (AvgIpc) is 2.36. The highest BCUT2D eigenvalue weighted by Gasteiger charge is 2.12. The normalized spacial score (nSPS) is 13.7. The molecule has 1 rings (SSSR count). The van der Waals surface area contributed by atoms with E-state index in [1.807, 2.05) is 24.3 Å². The zero-order valence-electron chi connectivity index (χ0n) is 12.5. The van der Waals surface area contributed by atoms with Crippen LogP contribution in [0, 0.1) is 0 Å². The number of hydrogen-bond donors (Lipinski definition) is 3. The molecular weight excluding hydrogens is 256 g/mol. The summed E-state index contributed by atoms with van der Waals surface area (Å²) in [4.78, 5) is 11.6. The Labute approximate surface area is 120 Å². The van der Waals surface area contributed by atoms with Crippen molar-refractivity contribution in [1.82, 2.24) is 10.6 Å². The minimum Gasteiger partial charge on any atom is -0.471 e. The minimum atomic E-state index is -0.571. The van der Waals surface area contributed by atoms with Gasteiger partial charge in [-0.2, -0.15) is 0 Å².